The number of aromatic nitrogens is 4. The minimum atomic E-state index is -1.94. The predicted octanol–water partition coefficient (Wildman–Crippen LogP) is 12.3. The first-order valence-electron chi connectivity index (χ1n) is 16.7. The first-order chi connectivity index (χ1) is 22.7. The zero-order chi connectivity index (χ0) is 32.7. The molecule has 0 saturated carbocycles. The standard InChI is InChI=1S/C41H42N4SSi/c1-26(2)47(27(3)4,28(5)6)46-41-37-23-21-35(44-37)39(29-13-9-7-10-14-29)33-19-17-31(42-33)25-32-18-20-34(43-32)40(30-15-11-8-12-16-30)36-22-24-38(41)45-36/h7-28,42,45H,1-6H3. The molecule has 4 nitrogen and oxygen atoms in total. The molecular weight excluding hydrogens is 609 g/mol. The van der Waals surface area contributed by atoms with Gasteiger partial charge in [0.05, 0.1) is 33.2 Å². The Kier molecular flexibility index (Phi) is 8.41. The summed E-state index contributed by atoms with van der Waals surface area (Å²) in [6.45, 7) is 14.6. The molecule has 5 heterocycles. The number of H-pyrrole nitrogens is 2. The molecule has 0 atom stereocenters. The Bertz CT molecular complexity index is 2100. The molecule has 0 spiro atoms. The van der Waals surface area contributed by atoms with E-state index in [1.165, 1.54) is 4.90 Å². The van der Waals surface area contributed by atoms with Crippen LogP contribution in [0.4, 0.5) is 0 Å². The van der Waals surface area contributed by atoms with Gasteiger partial charge in [-0.2, -0.15) is 0 Å². The highest BCUT2D eigenvalue weighted by Gasteiger charge is 2.45. The summed E-state index contributed by atoms with van der Waals surface area (Å²) in [6, 6.07) is 32.1. The molecule has 2 aliphatic heterocycles. The number of aromatic amines is 2. The molecule has 0 fully saturated rings. The molecule has 0 saturated heterocycles. The molecule has 2 aliphatic rings. The van der Waals surface area contributed by atoms with Gasteiger partial charge >= 0.3 is 0 Å². The molecule has 7 rings (SSSR count). The van der Waals surface area contributed by atoms with Gasteiger partial charge in [-0.1, -0.05) is 102 Å². The highest BCUT2D eigenvalue weighted by Crippen LogP contribution is 2.53. The Morgan fingerprint density at radius 2 is 1.04 bits per heavy atom. The van der Waals surface area contributed by atoms with Crippen LogP contribution in [0.1, 0.15) is 64.3 Å². The zero-order valence-corrected chi connectivity index (χ0v) is 29.8. The Morgan fingerprint density at radius 1 is 0.532 bits per heavy atom. The van der Waals surface area contributed by atoms with Crippen LogP contribution in [-0.4, -0.2) is 27.2 Å². The van der Waals surface area contributed by atoms with E-state index < -0.39 is 7.22 Å². The first-order valence-corrected chi connectivity index (χ1v) is 20.4. The molecule has 5 aromatic rings. The van der Waals surface area contributed by atoms with E-state index in [0.29, 0.717) is 16.6 Å². The highest BCUT2D eigenvalue weighted by molar-refractivity contribution is 8.29. The van der Waals surface area contributed by atoms with Crippen LogP contribution in [0.15, 0.2) is 95.9 Å². The number of nitrogens with one attached hydrogen (secondary N) is 2. The van der Waals surface area contributed by atoms with Gasteiger partial charge in [-0.25, -0.2) is 9.97 Å². The lowest BCUT2D eigenvalue weighted by atomic mass is 10.0. The van der Waals surface area contributed by atoms with Crippen molar-refractivity contribution in [2.45, 2.75) is 63.1 Å². The fourth-order valence-electron chi connectivity index (χ4n) is 7.57. The van der Waals surface area contributed by atoms with E-state index in [0.717, 1.165) is 67.1 Å². The number of fused-ring (bicyclic) bond motifs is 8. The minimum absolute atomic E-state index is 0.586. The number of nitrogens with zero attached hydrogens (tertiary/aromatic N) is 2. The van der Waals surface area contributed by atoms with Crippen molar-refractivity contribution in [3.8, 4) is 22.3 Å². The average Bonchev–Trinajstić information content (AvgIpc) is 3.88. The smallest absolute Gasteiger partial charge is 0.131 e. The maximum absolute atomic E-state index is 5.46. The van der Waals surface area contributed by atoms with Crippen molar-refractivity contribution in [3.63, 3.8) is 0 Å². The predicted molar refractivity (Wildman–Crippen MR) is 207 cm³/mol. The van der Waals surface area contributed by atoms with Crippen LogP contribution in [-0.2, 0) is 0 Å². The Hall–Kier alpha value is -4.39. The SMILES string of the molecule is CC(C)[Si](Sc1c2nc(c(-c3ccccc3)c3ccc(cc4nc(c(-c5ccccc5)c5ccc1[nH]5)C=C4)[nH]3)C=C2)(C(C)C)C(C)C. The molecule has 0 amide bonds. The summed E-state index contributed by atoms with van der Waals surface area (Å²) in [5.41, 5.74) is 14.3. The largest absolute Gasteiger partial charge is 0.355 e. The summed E-state index contributed by atoms with van der Waals surface area (Å²) < 4.78 is 0. The van der Waals surface area contributed by atoms with Gasteiger partial charge in [0.15, 0.2) is 0 Å². The van der Waals surface area contributed by atoms with E-state index in [9.17, 15) is 0 Å². The fraction of sp³-hybridized carbons (Fsp3) is 0.220. The van der Waals surface area contributed by atoms with Gasteiger partial charge in [-0.05, 0) is 82.4 Å². The summed E-state index contributed by atoms with van der Waals surface area (Å²) >= 11 is 2.13. The highest BCUT2D eigenvalue weighted by atomic mass is 32.4. The molecule has 8 bridgehead atoms. The number of benzene rings is 2. The third-order valence-corrected chi connectivity index (χ3v) is 22.0. The van der Waals surface area contributed by atoms with E-state index in [4.69, 9.17) is 9.97 Å². The maximum atomic E-state index is 5.46. The maximum Gasteiger partial charge on any atom is 0.131 e. The van der Waals surface area contributed by atoms with E-state index in [-0.39, 0.29) is 0 Å². The summed E-state index contributed by atoms with van der Waals surface area (Å²) in [7, 11) is -1.94. The van der Waals surface area contributed by atoms with Gasteiger partial charge in [0.2, 0.25) is 0 Å². The topological polar surface area (TPSA) is 57.4 Å². The average molecular weight is 651 g/mol. The fourth-order valence-corrected chi connectivity index (χ4v) is 16.9. The van der Waals surface area contributed by atoms with Crippen molar-refractivity contribution >= 4 is 64.8 Å². The molecule has 2 aromatic carbocycles. The van der Waals surface area contributed by atoms with Gasteiger partial charge in [0, 0.05) is 27.7 Å². The van der Waals surface area contributed by atoms with Crippen molar-refractivity contribution in [2.75, 3.05) is 0 Å². The number of hydrogen-bond acceptors (Lipinski definition) is 3. The number of rotatable bonds is 7. The summed E-state index contributed by atoms with van der Waals surface area (Å²) in [5.74, 6) is 0. The van der Waals surface area contributed by atoms with Crippen LogP contribution in [0.5, 0.6) is 0 Å². The lowest BCUT2D eigenvalue weighted by Crippen LogP contribution is -2.41. The third-order valence-electron chi connectivity index (χ3n) is 9.64. The molecule has 0 aliphatic carbocycles. The van der Waals surface area contributed by atoms with Crippen LogP contribution in [0, 0.1) is 0 Å². The first kappa shape index (κ1) is 31.2. The van der Waals surface area contributed by atoms with Crippen LogP contribution in [0.2, 0.25) is 16.6 Å². The molecule has 6 heteroatoms. The van der Waals surface area contributed by atoms with Gasteiger partial charge in [-0.3, -0.25) is 0 Å². The van der Waals surface area contributed by atoms with Crippen LogP contribution >= 0.6 is 11.2 Å². The lowest BCUT2D eigenvalue weighted by Gasteiger charge is -2.42. The van der Waals surface area contributed by atoms with Gasteiger partial charge in [-0.15, -0.1) is 11.2 Å². The molecule has 0 unspecified atom stereocenters. The second-order valence-corrected chi connectivity index (χ2v) is 22.0. The summed E-state index contributed by atoms with van der Waals surface area (Å²) in [5, 5.41) is 0. The van der Waals surface area contributed by atoms with Crippen LogP contribution in [0.3, 0.4) is 0 Å². The second kappa shape index (κ2) is 12.7. The van der Waals surface area contributed by atoms with Crippen molar-refractivity contribution in [1.82, 2.24) is 19.9 Å². The molecule has 0 radical (unpaired) electrons. The quantitative estimate of drug-likeness (QED) is 0.169. The van der Waals surface area contributed by atoms with Gasteiger partial charge in [0.25, 0.3) is 0 Å². The summed E-state index contributed by atoms with van der Waals surface area (Å²) in [6.07, 6.45) is 8.66. The summed E-state index contributed by atoms with van der Waals surface area (Å²) in [4.78, 5) is 19.4. The Balaban J connectivity index is 1.63. The molecular formula is C41H42N4SSi. The van der Waals surface area contributed by atoms with Crippen LogP contribution < -0.4 is 0 Å². The van der Waals surface area contributed by atoms with E-state index in [1.807, 2.05) is 0 Å². The third kappa shape index (κ3) is 5.74. The van der Waals surface area contributed by atoms with Crippen molar-refractivity contribution in [3.05, 3.63) is 114 Å². The van der Waals surface area contributed by atoms with Crippen molar-refractivity contribution in [2.24, 2.45) is 0 Å². The molecule has 2 N–H and O–H groups in total. The zero-order valence-electron chi connectivity index (χ0n) is 28.0. The Labute approximate surface area is 282 Å². The van der Waals surface area contributed by atoms with Crippen LogP contribution in [0.25, 0.3) is 68.6 Å². The Morgan fingerprint density at radius 3 is 1.66 bits per heavy atom. The van der Waals surface area contributed by atoms with E-state index in [2.05, 4.69) is 178 Å². The molecule has 3 aromatic heterocycles. The molecule has 47 heavy (non-hydrogen) atoms. The second-order valence-electron chi connectivity index (χ2n) is 13.5. The lowest BCUT2D eigenvalue weighted by molar-refractivity contribution is 0.851. The van der Waals surface area contributed by atoms with Gasteiger partial charge in [0.1, 0.15) is 7.22 Å². The van der Waals surface area contributed by atoms with E-state index in [1.54, 1.807) is 0 Å². The minimum Gasteiger partial charge on any atom is -0.355 e. The monoisotopic (exact) mass is 650 g/mol. The molecule has 236 valence electrons. The van der Waals surface area contributed by atoms with Gasteiger partial charge < -0.3 is 9.97 Å². The van der Waals surface area contributed by atoms with Crippen molar-refractivity contribution in [1.29, 1.82) is 0 Å². The van der Waals surface area contributed by atoms with Crippen molar-refractivity contribution < 1.29 is 0 Å². The number of hydrogen-bond donors (Lipinski definition) is 2. The van der Waals surface area contributed by atoms with E-state index >= 15 is 0 Å². The normalized spacial score (nSPS) is 13.0.